The van der Waals surface area contributed by atoms with E-state index < -0.39 is 5.82 Å². The summed E-state index contributed by atoms with van der Waals surface area (Å²) in [7, 11) is 3.46. The number of likely N-dealkylation sites (N-methyl/N-ethyl adjacent to an activating group) is 1. The van der Waals surface area contributed by atoms with Gasteiger partial charge in [-0.25, -0.2) is 9.37 Å². The molecule has 0 saturated heterocycles. The average molecular weight is 228 g/mol. The van der Waals surface area contributed by atoms with Crippen LogP contribution in [0.5, 0.6) is 0 Å². The number of aliphatic hydroxyl groups is 1. The highest BCUT2D eigenvalue weighted by molar-refractivity contribution is 5.46. The molecule has 0 fully saturated rings. The summed E-state index contributed by atoms with van der Waals surface area (Å²) >= 11 is 0. The highest BCUT2D eigenvalue weighted by Crippen LogP contribution is 2.19. The number of nitrogens with zero attached hydrogens (tertiary/aromatic N) is 2. The van der Waals surface area contributed by atoms with Gasteiger partial charge in [0, 0.05) is 19.7 Å². The minimum Gasteiger partial charge on any atom is -0.392 e. The van der Waals surface area contributed by atoms with Crippen LogP contribution in [0.1, 0.15) is 12.5 Å². The fraction of sp³-hybridized carbons (Fsp3) is 0.545. The number of aromatic nitrogens is 1. The Morgan fingerprint density at radius 2 is 2.31 bits per heavy atom. The van der Waals surface area contributed by atoms with Crippen LogP contribution < -0.4 is 4.90 Å². The number of ether oxygens (including phenoxy) is 1. The molecule has 1 aromatic rings. The molecule has 16 heavy (non-hydrogen) atoms. The monoisotopic (exact) mass is 228 g/mol. The van der Waals surface area contributed by atoms with Crippen LogP contribution in [0.25, 0.3) is 0 Å². The second kappa shape index (κ2) is 5.77. The summed E-state index contributed by atoms with van der Waals surface area (Å²) in [4.78, 5) is 5.84. The maximum atomic E-state index is 12.9. The number of pyridine rings is 1. The Bertz CT molecular complexity index is 347. The first-order chi connectivity index (χ1) is 7.60. The minimum absolute atomic E-state index is 0.105. The highest BCUT2D eigenvalue weighted by Gasteiger charge is 2.15. The van der Waals surface area contributed by atoms with Crippen LogP contribution in [-0.4, -0.2) is 36.9 Å². The first-order valence-corrected chi connectivity index (χ1v) is 5.07. The molecule has 0 amide bonds. The van der Waals surface area contributed by atoms with Crippen molar-refractivity contribution in [3.63, 3.8) is 0 Å². The molecule has 0 saturated carbocycles. The molecule has 0 aliphatic rings. The molecule has 0 aliphatic carbocycles. The zero-order chi connectivity index (χ0) is 12.1. The molecule has 1 heterocycles. The van der Waals surface area contributed by atoms with Gasteiger partial charge in [-0.05, 0) is 13.0 Å². The molecule has 1 atom stereocenters. The van der Waals surface area contributed by atoms with Crippen molar-refractivity contribution in [2.24, 2.45) is 0 Å². The number of anilines is 1. The van der Waals surface area contributed by atoms with Crippen molar-refractivity contribution in [2.75, 3.05) is 25.7 Å². The molecule has 1 rings (SSSR count). The van der Waals surface area contributed by atoms with E-state index in [1.165, 1.54) is 6.07 Å². The lowest BCUT2D eigenvalue weighted by Crippen LogP contribution is -2.34. The van der Waals surface area contributed by atoms with E-state index in [0.717, 1.165) is 6.20 Å². The van der Waals surface area contributed by atoms with Gasteiger partial charge in [0.05, 0.1) is 25.5 Å². The van der Waals surface area contributed by atoms with Crippen molar-refractivity contribution >= 4 is 5.82 Å². The van der Waals surface area contributed by atoms with E-state index in [9.17, 15) is 4.39 Å². The Morgan fingerprint density at radius 1 is 1.62 bits per heavy atom. The largest absolute Gasteiger partial charge is 0.392 e. The van der Waals surface area contributed by atoms with Gasteiger partial charge in [0.2, 0.25) is 0 Å². The van der Waals surface area contributed by atoms with Gasteiger partial charge in [0.1, 0.15) is 11.6 Å². The number of hydrogen-bond acceptors (Lipinski definition) is 4. The fourth-order valence-electron chi connectivity index (χ4n) is 1.47. The van der Waals surface area contributed by atoms with E-state index in [-0.39, 0.29) is 12.6 Å². The molecular formula is C11H17FN2O2. The third-order valence-electron chi connectivity index (χ3n) is 2.48. The van der Waals surface area contributed by atoms with Crippen LogP contribution >= 0.6 is 0 Å². The van der Waals surface area contributed by atoms with Crippen molar-refractivity contribution in [1.29, 1.82) is 0 Å². The predicted octanol–water partition coefficient (Wildman–Crippen LogP) is 1.18. The van der Waals surface area contributed by atoms with Crippen LogP contribution in [0, 0.1) is 5.82 Å². The Balaban J connectivity index is 2.93. The maximum Gasteiger partial charge on any atom is 0.142 e. The quantitative estimate of drug-likeness (QED) is 0.822. The van der Waals surface area contributed by atoms with Crippen molar-refractivity contribution in [1.82, 2.24) is 4.98 Å². The molecule has 0 aliphatic heterocycles. The second-order valence-corrected chi connectivity index (χ2v) is 3.71. The lowest BCUT2D eigenvalue weighted by Gasteiger charge is -2.26. The first-order valence-electron chi connectivity index (χ1n) is 5.07. The van der Waals surface area contributed by atoms with Gasteiger partial charge in [-0.15, -0.1) is 0 Å². The molecule has 90 valence electrons. The SMILES string of the molecule is COCC(C)N(C)c1ncc(F)cc1CO. The first kappa shape index (κ1) is 12.9. The van der Waals surface area contributed by atoms with Crippen molar-refractivity contribution in [2.45, 2.75) is 19.6 Å². The molecule has 5 heteroatoms. The Labute approximate surface area is 94.7 Å². The molecular weight excluding hydrogens is 211 g/mol. The summed E-state index contributed by atoms with van der Waals surface area (Å²) in [6, 6.07) is 1.39. The lowest BCUT2D eigenvalue weighted by molar-refractivity contribution is 0.183. The smallest absolute Gasteiger partial charge is 0.142 e. The Kier molecular flexibility index (Phi) is 4.64. The molecule has 0 spiro atoms. The lowest BCUT2D eigenvalue weighted by atomic mass is 10.2. The van der Waals surface area contributed by atoms with E-state index >= 15 is 0 Å². The molecule has 4 nitrogen and oxygen atoms in total. The minimum atomic E-state index is -0.444. The van der Waals surface area contributed by atoms with Crippen LogP contribution in [0.15, 0.2) is 12.3 Å². The summed E-state index contributed by atoms with van der Waals surface area (Å²) in [5, 5.41) is 9.14. The highest BCUT2D eigenvalue weighted by atomic mass is 19.1. The Hall–Kier alpha value is -1.20. The molecule has 0 aromatic carbocycles. The zero-order valence-electron chi connectivity index (χ0n) is 9.77. The van der Waals surface area contributed by atoms with Gasteiger partial charge in [-0.3, -0.25) is 0 Å². The normalized spacial score (nSPS) is 12.6. The average Bonchev–Trinajstić information content (AvgIpc) is 2.28. The van der Waals surface area contributed by atoms with Crippen molar-refractivity contribution in [3.05, 3.63) is 23.6 Å². The number of rotatable bonds is 5. The molecule has 1 aromatic heterocycles. The van der Waals surface area contributed by atoms with Crippen LogP contribution in [0.3, 0.4) is 0 Å². The summed E-state index contributed by atoms with van der Waals surface area (Å²) < 4.78 is 18.0. The van der Waals surface area contributed by atoms with Gasteiger partial charge in [-0.1, -0.05) is 0 Å². The van der Waals surface area contributed by atoms with Crippen molar-refractivity contribution < 1.29 is 14.2 Å². The van der Waals surface area contributed by atoms with Gasteiger partial charge in [0.25, 0.3) is 0 Å². The van der Waals surface area contributed by atoms with E-state index in [2.05, 4.69) is 4.98 Å². The van der Waals surface area contributed by atoms with E-state index in [1.54, 1.807) is 7.11 Å². The van der Waals surface area contributed by atoms with Crippen LogP contribution in [0.2, 0.25) is 0 Å². The van der Waals surface area contributed by atoms with Crippen LogP contribution in [-0.2, 0) is 11.3 Å². The molecule has 1 N–H and O–H groups in total. The van der Waals surface area contributed by atoms with Gasteiger partial charge >= 0.3 is 0 Å². The van der Waals surface area contributed by atoms with Crippen LogP contribution in [0.4, 0.5) is 10.2 Å². The summed E-state index contributed by atoms with van der Waals surface area (Å²) in [5.74, 6) is 0.133. The molecule has 0 radical (unpaired) electrons. The molecule has 1 unspecified atom stereocenters. The van der Waals surface area contributed by atoms with Gasteiger partial charge in [-0.2, -0.15) is 0 Å². The van der Waals surface area contributed by atoms with Crippen molar-refractivity contribution in [3.8, 4) is 0 Å². The van der Waals surface area contributed by atoms with E-state index in [1.807, 2.05) is 18.9 Å². The number of methoxy groups -OCH3 is 1. The van der Waals surface area contributed by atoms with E-state index in [0.29, 0.717) is 18.0 Å². The third kappa shape index (κ3) is 2.90. The second-order valence-electron chi connectivity index (χ2n) is 3.71. The number of aliphatic hydroxyl groups excluding tert-OH is 1. The molecule has 0 bridgehead atoms. The fourth-order valence-corrected chi connectivity index (χ4v) is 1.47. The number of hydrogen-bond donors (Lipinski definition) is 1. The summed E-state index contributed by atoms with van der Waals surface area (Å²) in [5.41, 5.74) is 0.477. The summed E-state index contributed by atoms with van der Waals surface area (Å²) in [6.45, 7) is 2.28. The topological polar surface area (TPSA) is 45.6 Å². The third-order valence-corrected chi connectivity index (χ3v) is 2.48. The maximum absolute atomic E-state index is 12.9. The number of halogens is 1. The summed E-state index contributed by atoms with van der Waals surface area (Å²) in [6.07, 6.45) is 1.14. The van der Waals surface area contributed by atoms with Gasteiger partial charge in [0.15, 0.2) is 0 Å². The Morgan fingerprint density at radius 3 is 2.88 bits per heavy atom. The zero-order valence-corrected chi connectivity index (χ0v) is 9.77. The van der Waals surface area contributed by atoms with E-state index in [4.69, 9.17) is 9.84 Å². The predicted molar refractivity (Wildman–Crippen MR) is 59.9 cm³/mol. The standard InChI is InChI=1S/C11H17FN2O2/c1-8(7-16-3)14(2)11-9(6-15)4-10(12)5-13-11/h4-5,8,15H,6-7H2,1-3H3. The van der Waals surface area contributed by atoms with Gasteiger partial charge < -0.3 is 14.7 Å².